The zero-order chi connectivity index (χ0) is 32.2. The van der Waals surface area contributed by atoms with Gasteiger partial charge in [-0.1, -0.05) is 93.1 Å². The zero-order valence-corrected chi connectivity index (χ0v) is 30.2. The van der Waals surface area contributed by atoms with Gasteiger partial charge in [0.2, 0.25) is 0 Å². The van der Waals surface area contributed by atoms with Crippen LogP contribution in [-0.4, -0.2) is 21.3 Å². The summed E-state index contributed by atoms with van der Waals surface area (Å²) in [4.78, 5) is 9.39. The standard InChI is InChI=1S/C33H27N2.C10H10N2.Ir/c1-19(2)24-12-8-13-25(20(3)4)31(24)28-18-35-32-26-11-6-5-9-22(26)17-23-16-15-21-10-7-14-27(33(35)34-28)29(21)30(23)32;1-11-7-8-12(9-11)10-5-3-2-4-6-10;/h5-13,15-20H,1-4H3;2-5,7-9H,1H3;/q-1;-2;+3. The Morgan fingerprint density at radius 1 is 0.708 bits per heavy atom. The van der Waals surface area contributed by atoms with Crippen LogP contribution in [0.15, 0.2) is 116 Å². The van der Waals surface area contributed by atoms with Gasteiger partial charge in [0.1, 0.15) is 0 Å². The van der Waals surface area contributed by atoms with Crippen LogP contribution in [-0.2, 0) is 20.1 Å². The molecule has 0 saturated heterocycles. The van der Waals surface area contributed by atoms with Gasteiger partial charge < -0.3 is 14.2 Å². The Kier molecular flexibility index (Phi) is 8.45. The van der Waals surface area contributed by atoms with E-state index < -0.39 is 0 Å². The predicted octanol–water partition coefficient (Wildman–Crippen LogP) is 10.9. The number of fused-ring (bicyclic) bond motifs is 5. The molecule has 6 aromatic carbocycles. The molecule has 0 atom stereocenters. The molecule has 3 heterocycles. The van der Waals surface area contributed by atoms with Crippen molar-refractivity contribution in [2.75, 3.05) is 11.9 Å². The number of anilines is 1. The molecule has 8 aromatic rings. The molecule has 1 aliphatic heterocycles. The second-order valence-corrected chi connectivity index (χ2v) is 13.1. The van der Waals surface area contributed by atoms with Crippen molar-refractivity contribution in [3.63, 3.8) is 0 Å². The number of nitrogens with zero attached hydrogens (tertiary/aromatic N) is 4. The minimum absolute atomic E-state index is 0. The first kappa shape index (κ1) is 31.9. The van der Waals surface area contributed by atoms with Crippen LogP contribution >= 0.6 is 0 Å². The monoisotopic (exact) mass is 802 g/mol. The van der Waals surface area contributed by atoms with E-state index >= 15 is 0 Å². The maximum Gasteiger partial charge on any atom is 3.00 e. The summed E-state index contributed by atoms with van der Waals surface area (Å²) in [6, 6.07) is 41.1. The molecule has 9 rings (SSSR count). The molecule has 0 fully saturated rings. The Morgan fingerprint density at radius 2 is 1.46 bits per heavy atom. The number of hydrogen-bond acceptors (Lipinski definition) is 3. The summed E-state index contributed by atoms with van der Waals surface area (Å²) >= 11 is 0. The largest absolute Gasteiger partial charge is 3.00 e. The van der Waals surface area contributed by atoms with E-state index in [1.807, 2.05) is 66.2 Å². The van der Waals surface area contributed by atoms with Crippen LogP contribution in [0.4, 0.5) is 5.69 Å². The molecular weight excluding hydrogens is 765 g/mol. The van der Waals surface area contributed by atoms with Gasteiger partial charge in [-0.15, -0.1) is 29.3 Å². The van der Waals surface area contributed by atoms with Crippen molar-refractivity contribution in [3.8, 4) is 11.3 Å². The molecule has 1 aliphatic rings. The van der Waals surface area contributed by atoms with E-state index in [-0.39, 0.29) is 20.1 Å². The van der Waals surface area contributed by atoms with Gasteiger partial charge in [-0.3, -0.25) is 4.98 Å². The summed E-state index contributed by atoms with van der Waals surface area (Å²) in [5.41, 5.74) is 8.33. The molecule has 0 N–H and O–H groups in total. The van der Waals surface area contributed by atoms with Gasteiger partial charge in [0.15, 0.2) is 0 Å². The smallest absolute Gasteiger partial charge is 0.510 e. The van der Waals surface area contributed by atoms with Gasteiger partial charge >= 0.3 is 20.1 Å². The first-order chi connectivity index (χ1) is 22.9. The van der Waals surface area contributed by atoms with Crippen LogP contribution < -0.4 is 4.90 Å². The molecule has 0 saturated carbocycles. The van der Waals surface area contributed by atoms with E-state index in [1.165, 1.54) is 54.5 Å². The van der Waals surface area contributed by atoms with Crippen LogP contribution in [0.25, 0.3) is 60.1 Å². The van der Waals surface area contributed by atoms with Gasteiger partial charge in [-0.2, -0.15) is 37.0 Å². The Bertz CT molecular complexity index is 2400. The number of hydrogen-bond donors (Lipinski definition) is 0. The molecule has 0 amide bonds. The molecule has 0 bridgehead atoms. The predicted molar refractivity (Wildman–Crippen MR) is 198 cm³/mol. The van der Waals surface area contributed by atoms with E-state index in [2.05, 4.69) is 117 Å². The summed E-state index contributed by atoms with van der Waals surface area (Å²) in [6.45, 7) is 11.1. The van der Waals surface area contributed by atoms with E-state index in [1.54, 1.807) is 0 Å². The van der Waals surface area contributed by atoms with E-state index in [4.69, 9.17) is 4.98 Å². The Balaban J connectivity index is 0.000000237. The third-order valence-electron chi connectivity index (χ3n) is 9.31. The van der Waals surface area contributed by atoms with Crippen molar-refractivity contribution in [2.45, 2.75) is 39.5 Å². The van der Waals surface area contributed by atoms with E-state index in [0.717, 1.165) is 22.4 Å². The summed E-state index contributed by atoms with van der Waals surface area (Å²) in [7, 11) is 2.00. The van der Waals surface area contributed by atoms with Crippen LogP contribution in [0.2, 0.25) is 0 Å². The zero-order valence-electron chi connectivity index (χ0n) is 27.8. The van der Waals surface area contributed by atoms with Crippen molar-refractivity contribution >= 4 is 54.6 Å². The van der Waals surface area contributed by atoms with Gasteiger partial charge in [0.25, 0.3) is 0 Å². The fourth-order valence-corrected chi connectivity index (χ4v) is 7.10. The molecule has 48 heavy (non-hydrogen) atoms. The van der Waals surface area contributed by atoms with Gasteiger partial charge in [0.05, 0.1) is 11.3 Å². The molecule has 2 aromatic heterocycles. The van der Waals surface area contributed by atoms with Crippen LogP contribution in [0.5, 0.6) is 0 Å². The average molecular weight is 802 g/mol. The topological polar surface area (TPSA) is 23.8 Å². The van der Waals surface area contributed by atoms with E-state index in [0.29, 0.717) is 11.8 Å². The molecule has 238 valence electrons. The summed E-state index contributed by atoms with van der Waals surface area (Å²) in [5, 5.41) is 8.66. The van der Waals surface area contributed by atoms with Crippen molar-refractivity contribution < 1.29 is 20.1 Å². The maximum atomic E-state index is 5.36. The Morgan fingerprint density at radius 3 is 2.17 bits per heavy atom. The second-order valence-electron chi connectivity index (χ2n) is 13.1. The Hall–Kier alpha value is -4.70. The number of benzene rings is 6. The molecule has 4 nitrogen and oxygen atoms in total. The fourth-order valence-electron chi connectivity index (χ4n) is 7.10. The van der Waals surface area contributed by atoms with Crippen molar-refractivity contribution in [2.24, 2.45) is 0 Å². The second kappa shape index (κ2) is 12.7. The third kappa shape index (κ3) is 5.32. The van der Waals surface area contributed by atoms with E-state index in [9.17, 15) is 0 Å². The van der Waals surface area contributed by atoms with Crippen molar-refractivity contribution in [3.05, 3.63) is 146 Å². The molecule has 0 spiro atoms. The van der Waals surface area contributed by atoms with Crippen molar-refractivity contribution in [1.82, 2.24) is 14.3 Å². The fraction of sp³-hybridized carbons (Fsp3) is 0.163. The van der Waals surface area contributed by atoms with Gasteiger partial charge in [-0.05, 0) is 64.6 Å². The maximum absolute atomic E-state index is 5.36. The Labute approximate surface area is 296 Å². The van der Waals surface area contributed by atoms with Crippen molar-refractivity contribution in [1.29, 1.82) is 0 Å². The quantitative estimate of drug-likeness (QED) is 0.101. The summed E-state index contributed by atoms with van der Waals surface area (Å²) in [5.74, 6) is 0.831. The normalized spacial score (nSPS) is 13.1. The minimum atomic E-state index is 0. The SMILES string of the molecule is CC(C)c1cccc(C(C)C)c1-c1cn2c(n1)c1[c-]ccc3ccc4cc5ccccc5c2c4c31.CN1C=CN(c2[c-]cccc2)[CH-]1.[Ir+3]. The summed E-state index contributed by atoms with van der Waals surface area (Å²) in [6.07, 6.45) is 6.28. The number of para-hydroxylation sites is 1. The number of rotatable bonds is 4. The first-order valence-corrected chi connectivity index (χ1v) is 16.4. The first-order valence-electron chi connectivity index (χ1n) is 16.4. The molecule has 0 unspecified atom stereocenters. The van der Waals surface area contributed by atoms with Crippen LogP contribution in [0.3, 0.4) is 0 Å². The van der Waals surface area contributed by atoms with Crippen LogP contribution in [0, 0.1) is 18.8 Å². The van der Waals surface area contributed by atoms with Gasteiger partial charge in [-0.25, -0.2) is 0 Å². The molecule has 5 heteroatoms. The average Bonchev–Trinajstić information content (AvgIpc) is 3.74. The number of imidazole rings is 1. The third-order valence-corrected chi connectivity index (χ3v) is 9.31. The molecular formula is C43H37IrN4. The minimum Gasteiger partial charge on any atom is -0.510 e. The molecule has 0 radical (unpaired) electrons. The number of pyridine rings is 1. The number of aromatic nitrogens is 2. The molecule has 0 aliphatic carbocycles. The van der Waals surface area contributed by atoms with Gasteiger partial charge in [0, 0.05) is 22.7 Å². The van der Waals surface area contributed by atoms with Crippen LogP contribution in [0.1, 0.15) is 50.7 Å². The summed E-state index contributed by atoms with van der Waals surface area (Å²) < 4.78 is 2.33.